The van der Waals surface area contributed by atoms with E-state index in [1.165, 1.54) is 11.3 Å². The van der Waals surface area contributed by atoms with Gasteiger partial charge in [-0.3, -0.25) is 4.79 Å². The maximum atomic E-state index is 12.0. The monoisotopic (exact) mass is 329 g/mol. The van der Waals surface area contributed by atoms with Crippen LogP contribution in [0.4, 0.5) is 5.13 Å². The molecule has 0 aliphatic rings. The SMILES string of the molecule is CCCCc1nnc(NC(=O)CCc2nc3ccccc3[nH]2)s1. The highest BCUT2D eigenvalue weighted by atomic mass is 32.1. The summed E-state index contributed by atoms with van der Waals surface area (Å²) in [4.78, 5) is 19.7. The van der Waals surface area contributed by atoms with Crippen molar-refractivity contribution >= 4 is 33.4 Å². The molecule has 6 nitrogen and oxygen atoms in total. The third-order valence-corrected chi connectivity index (χ3v) is 4.38. The minimum Gasteiger partial charge on any atom is -0.342 e. The summed E-state index contributed by atoms with van der Waals surface area (Å²) in [6.45, 7) is 2.14. The molecule has 0 radical (unpaired) electrons. The standard InChI is InChI=1S/C16H19N5OS/c1-2-3-8-15-20-21-16(23-15)19-14(22)10-9-13-17-11-6-4-5-7-12(11)18-13/h4-7H,2-3,8-10H2,1H3,(H,17,18)(H,19,21,22). The number of nitrogens with one attached hydrogen (secondary N) is 2. The van der Waals surface area contributed by atoms with Gasteiger partial charge in [-0.15, -0.1) is 10.2 Å². The maximum absolute atomic E-state index is 12.0. The molecule has 2 N–H and O–H groups in total. The van der Waals surface area contributed by atoms with E-state index in [0.717, 1.165) is 41.1 Å². The van der Waals surface area contributed by atoms with Crippen molar-refractivity contribution in [1.29, 1.82) is 0 Å². The number of benzene rings is 1. The topological polar surface area (TPSA) is 83.6 Å². The number of para-hydroxylation sites is 2. The summed E-state index contributed by atoms with van der Waals surface area (Å²) in [6, 6.07) is 7.84. The van der Waals surface area contributed by atoms with E-state index in [4.69, 9.17) is 0 Å². The van der Waals surface area contributed by atoms with Gasteiger partial charge >= 0.3 is 0 Å². The number of imidazole rings is 1. The Labute approximate surface area is 138 Å². The molecule has 2 aromatic heterocycles. The molecule has 0 aliphatic carbocycles. The van der Waals surface area contributed by atoms with Gasteiger partial charge in [-0.1, -0.05) is 36.8 Å². The van der Waals surface area contributed by atoms with Crippen LogP contribution in [0.2, 0.25) is 0 Å². The van der Waals surface area contributed by atoms with E-state index in [0.29, 0.717) is 18.0 Å². The lowest BCUT2D eigenvalue weighted by Gasteiger charge is -1.99. The molecule has 2 heterocycles. The first-order chi connectivity index (χ1) is 11.2. The quantitative estimate of drug-likeness (QED) is 0.696. The fourth-order valence-electron chi connectivity index (χ4n) is 2.27. The minimum atomic E-state index is -0.0661. The van der Waals surface area contributed by atoms with Crippen LogP contribution in [0.5, 0.6) is 0 Å². The second-order valence-corrected chi connectivity index (χ2v) is 6.42. The summed E-state index contributed by atoms with van der Waals surface area (Å²) in [5.74, 6) is 0.755. The highest BCUT2D eigenvalue weighted by Crippen LogP contribution is 2.17. The largest absolute Gasteiger partial charge is 0.342 e. The average Bonchev–Trinajstić information content (AvgIpc) is 3.17. The number of aromatic amines is 1. The molecule has 1 aromatic carbocycles. The lowest BCUT2D eigenvalue weighted by molar-refractivity contribution is -0.116. The van der Waals surface area contributed by atoms with Gasteiger partial charge in [-0.2, -0.15) is 0 Å². The van der Waals surface area contributed by atoms with Crippen LogP contribution in [0.1, 0.15) is 37.0 Å². The first-order valence-corrected chi connectivity index (χ1v) is 8.62. The van der Waals surface area contributed by atoms with Gasteiger partial charge in [0, 0.05) is 19.3 Å². The van der Waals surface area contributed by atoms with Crippen LogP contribution in [-0.4, -0.2) is 26.1 Å². The van der Waals surface area contributed by atoms with E-state index < -0.39 is 0 Å². The molecule has 0 unspecified atom stereocenters. The zero-order chi connectivity index (χ0) is 16.1. The van der Waals surface area contributed by atoms with Gasteiger partial charge in [0.25, 0.3) is 0 Å². The molecule has 3 rings (SSSR count). The summed E-state index contributed by atoms with van der Waals surface area (Å²) in [5.41, 5.74) is 1.92. The first kappa shape index (κ1) is 15.6. The van der Waals surface area contributed by atoms with Gasteiger partial charge in [0.1, 0.15) is 10.8 Å². The van der Waals surface area contributed by atoms with E-state index in [-0.39, 0.29) is 5.91 Å². The number of aromatic nitrogens is 4. The van der Waals surface area contributed by atoms with Crippen molar-refractivity contribution in [2.24, 2.45) is 0 Å². The molecule has 23 heavy (non-hydrogen) atoms. The number of anilines is 1. The van der Waals surface area contributed by atoms with Gasteiger partial charge < -0.3 is 10.3 Å². The number of carbonyl (C=O) groups is 1. The summed E-state index contributed by atoms with van der Waals surface area (Å²) in [5, 5.41) is 12.5. The van der Waals surface area contributed by atoms with Gasteiger partial charge in [0.05, 0.1) is 11.0 Å². The van der Waals surface area contributed by atoms with Crippen LogP contribution >= 0.6 is 11.3 Å². The van der Waals surface area contributed by atoms with E-state index >= 15 is 0 Å². The average molecular weight is 329 g/mol. The highest BCUT2D eigenvalue weighted by Gasteiger charge is 2.10. The second kappa shape index (κ2) is 7.32. The number of carbonyl (C=O) groups excluding carboxylic acids is 1. The third-order valence-electron chi connectivity index (χ3n) is 3.48. The predicted octanol–water partition coefficient (Wildman–Crippen LogP) is 3.33. The Bertz CT molecular complexity index is 761. The summed E-state index contributed by atoms with van der Waals surface area (Å²) >= 11 is 1.45. The van der Waals surface area contributed by atoms with Crippen molar-refractivity contribution in [2.75, 3.05) is 5.32 Å². The zero-order valence-electron chi connectivity index (χ0n) is 13.0. The Balaban J connectivity index is 1.52. The number of unbranched alkanes of at least 4 members (excludes halogenated alkanes) is 1. The van der Waals surface area contributed by atoms with Gasteiger partial charge in [-0.05, 0) is 18.6 Å². The van der Waals surface area contributed by atoms with E-state index in [2.05, 4.69) is 32.4 Å². The molecule has 0 spiro atoms. The van der Waals surface area contributed by atoms with Crippen molar-refractivity contribution in [3.8, 4) is 0 Å². The van der Waals surface area contributed by atoms with Crippen LogP contribution in [0, 0.1) is 0 Å². The summed E-state index contributed by atoms with van der Waals surface area (Å²) in [7, 11) is 0. The van der Waals surface area contributed by atoms with Crippen LogP contribution in [0.15, 0.2) is 24.3 Å². The van der Waals surface area contributed by atoms with Crippen molar-refractivity contribution < 1.29 is 4.79 Å². The molecular formula is C16H19N5OS. The van der Waals surface area contributed by atoms with Crippen LogP contribution < -0.4 is 5.32 Å². The van der Waals surface area contributed by atoms with Gasteiger partial charge in [-0.25, -0.2) is 4.98 Å². The third kappa shape index (κ3) is 4.13. The van der Waals surface area contributed by atoms with Gasteiger partial charge in [0.15, 0.2) is 0 Å². The summed E-state index contributed by atoms with van der Waals surface area (Å²) in [6.07, 6.45) is 4.07. The van der Waals surface area contributed by atoms with Crippen molar-refractivity contribution in [1.82, 2.24) is 20.2 Å². The first-order valence-electron chi connectivity index (χ1n) is 7.80. The van der Waals surface area contributed by atoms with E-state index in [1.807, 2.05) is 24.3 Å². The number of aryl methyl sites for hydroxylation is 2. The fourth-order valence-corrected chi connectivity index (χ4v) is 3.07. The molecule has 0 aliphatic heterocycles. The zero-order valence-corrected chi connectivity index (χ0v) is 13.8. The molecular weight excluding hydrogens is 310 g/mol. The van der Waals surface area contributed by atoms with Crippen LogP contribution in [0.25, 0.3) is 11.0 Å². The Morgan fingerprint density at radius 1 is 1.26 bits per heavy atom. The lowest BCUT2D eigenvalue weighted by atomic mass is 10.3. The molecule has 0 fully saturated rings. The van der Waals surface area contributed by atoms with Crippen LogP contribution in [0.3, 0.4) is 0 Å². The molecule has 0 bridgehead atoms. The number of amides is 1. The number of H-pyrrole nitrogens is 1. The highest BCUT2D eigenvalue weighted by molar-refractivity contribution is 7.15. The van der Waals surface area contributed by atoms with E-state index in [1.54, 1.807) is 0 Å². The molecule has 7 heteroatoms. The smallest absolute Gasteiger partial charge is 0.226 e. The Hall–Kier alpha value is -2.28. The normalized spacial score (nSPS) is 11.0. The number of hydrogen-bond acceptors (Lipinski definition) is 5. The Kier molecular flexibility index (Phi) is 4.97. The maximum Gasteiger partial charge on any atom is 0.226 e. The predicted molar refractivity (Wildman–Crippen MR) is 91.6 cm³/mol. The molecule has 3 aromatic rings. The van der Waals surface area contributed by atoms with Crippen molar-refractivity contribution in [3.05, 3.63) is 35.1 Å². The molecule has 0 saturated heterocycles. The Morgan fingerprint density at radius 2 is 2.13 bits per heavy atom. The number of rotatable bonds is 7. The Morgan fingerprint density at radius 3 is 2.96 bits per heavy atom. The molecule has 120 valence electrons. The molecule has 1 amide bonds. The lowest BCUT2D eigenvalue weighted by Crippen LogP contribution is -2.12. The second-order valence-electron chi connectivity index (χ2n) is 5.35. The van der Waals surface area contributed by atoms with Crippen LogP contribution in [-0.2, 0) is 17.6 Å². The van der Waals surface area contributed by atoms with Crippen molar-refractivity contribution in [2.45, 2.75) is 39.0 Å². The summed E-state index contributed by atoms with van der Waals surface area (Å²) < 4.78 is 0. The number of nitrogens with zero attached hydrogens (tertiary/aromatic N) is 3. The number of fused-ring (bicyclic) bond motifs is 1. The van der Waals surface area contributed by atoms with Gasteiger partial charge in [0.2, 0.25) is 11.0 Å². The fraction of sp³-hybridized carbons (Fsp3) is 0.375. The molecule has 0 saturated carbocycles. The van der Waals surface area contributed by atoms with E-state index in [9.17, 15) is 4.79 Å². The number of hydrogen-bond donors (Lipinski definition) is 2. The van der Waals surface area contributed by atoms with Crippen molar-refractivity contribution in [3.63, 3.8) is 0 Å². The minimum absolute atomic E-state index is 0.0661. The molecule has 0 atom stereocenters.